The van der Waals surface area contributed by atoms with Crippen molar-refractivity contribution in [3.05, 3.63) is 60.8 Å². The fourth-order valence-electron chi connectivity index (χ4n) is 7.99. The minimum atomic E-state index is -0.846. The molecule has 0 aliphatic carbocycles. The molecule has 4 heteroatoms. The first kappa shape index (κ1) is 58.1. The van der Waals surface area contributed by atoms with Crippen LogP contribution in [0.5, 0.6) is 0 Å². The van der Waals surface area contributed by atoms with Crippen LogP contribution in [0.1, 0.15) is 271 Å². The number of hydrogen-bond donors (Lipinski definition) is 3. The molecule has 4 nitrogen and oxygen atoms in total. The highest BCUT2D eigenvalue weighted by atomic mass is 16.3. The van der Waals surface area contributed by atoms with E-state index in [0.717, 1.165) is 51.4 Å². The minimum absolute atomic E-state index is 0.0717. The maximum absolute atomic E-state index is 12.4. The van der Waals surface area contributed by atoms with Gasteiger partial charge in [0.15, 0.2) is 0 Å². The third kappa shape index (κ3) is 47.1. The van der Waals surface area contributed by atoms with Crippen LogP contribution in [0.15, 0.2) is 60.8 Å². The average molecular weight is 838 g/mol. The summed E-state index contributed by atoms with van der Waals surface area (Å²) < 4.78 is 0. The lowest BCUT2D eigenvalue weighted by atomic mass is 10.0. The van der Waals surface area contributed by atoms with Gasteiger partial charge in [0.2, 0.25) is 5.91 Å². The van der Waals surface area contributed by atoms with Crippen molar-refractivity contribution in [1.82, 2.24) is 5.32 Å². The van der Waals surface area contributed by atoms with E-state index in [1.807, 2.05) is 6.08 Å². The van der Waals surface area contributed by atoms with Crippen molar-refractivity contribution in [3.8, 4) is 0 Å². The predicted octanol–water partition coefficient (Wildman–Crippen LogP) is 17.2. The van der Waals surface area contributed by atoms with E-state index < -0.39 is 12.1 Å². The molecular formula is C56H103NO3. The molecule has 0 saturated carbocycles. The normalized spacial score (nSPS) is 13.3. The Bertz CT molecular complexity index is 996. The molecule has 0 fully saturated rings. The Hall–Kier alpha value is -1.91. The molecule has 0 spiro atoms. The van der Waals surface area contributed by atoms with E-state index in [1.165, 1.54) is 199 Å². The van der Waals surface area contributed by atoms with Gasteiger partial charge in [0.05, 0.1) is 18.8 Å². The SMILES string of the molecule is CC/C=C\C/C=C\C/C=C\C/C=C\CCCCCCCCCCC(=O)NC(CO)C(O)/C=C/CCCCCCCCCCCCCCCCCCCCCCCCCCC. The Morgan fingerprint density at radius 3 is 1.10 bits per heavy atom. The molecule has 2 atom stereocenters. The molecule has 2 unspecified atom stereocenters. The number of hydrogen-bond acceptors (Lipinski definition) is 3. The van der Waals surface area contributed by atoms with Crippen LogP contribution in [-0.4, -0.2) is 34.9 Å². The second kappa shape index (κ2) is 51.4. The Balaban J connectivity index is 3.52. The molecule has 0 bridgehead atoms. The first-order valence-electron chi connectivity index (χ1n) is 26.5. The third-order valence-electron chi connectivity index (χ3n) is 12.0. The van der Waals surface area contributed by atoms with Crippen LogP contribution >= 0.6 is 0 Å². The summed E-state index contributed by atoms with van der Waals surface area (Å²) in [6.07, 6.45) is 72.2. The van der Waals surface area contributed by atoms with Crippen LogP contribution in [0.4, 0.5) is 0 Å². The highest BCUT2D eigenvalue weighted by molar-refractivity contribution is 5.76. The summed E-state index contributed by atoms with van der Waals surface area (Å²) in [5, 5.41) is 23.1. The Kier molecular flexibility index (Phi) is 49.8. The Labute approximate surface area is 375 Å². The van der Waals surface area contributed by atoms with E-state index >= 15 is 0 Å². The first-order valence-corrected chi connectivity index (χ1v) is 26.5. The molecule has 0 rings (SSSR count). The smallest absolute Gasteiger partial charge is 0.220 e. The second-order valence-corrected chi connectivity index (χ2v) is 17.9. The Morgan fingerprint density at radius 1 is 0.417 bits per heavy atom. The molecule has 0 heterocycles. The van der Waals surface area contributed by atoms with Crippen molar-refractivity contribution in [2.24, 2.45) is 0 Å². The summed E-state index contributed by atoms with van der Waals surface area (Å²) in [5.74, 6) is -0.0717. The minimum Gasteiger partial charge on any atom is -0.394 e. The van der Waals surface area contributed by atoms with Crippen LogP contribution in [0, 0.1) is 0 Å². The molecule has 350 valence electrons. The largest absolute Gasteiger partial charge is 0.394 e. The number of rotatable bonds is 48. The van der Waals surface area contributed by atoms with Crippen molar-refractivity contribution in [1.29, 1.82) is 0 Å². The lowest BCUT2D eigenvalue weighted by molar-refractivity contribution is -0.123. The number of carbonyl (C=O) groups is 1. The van der Waals surface area contributed by atoms with Crippen LogP contribution in [0.2, 0.25) is 0 Å². The first-order chi connectivity index (χ1) is 29.7. The van der Waals surface area contributed by atoms with Gasteiger partial charge in [-0.1, -0.05) is 267 Å². The van der Waals surface area contributed by atoms with Gasteiger partial charge in [-0.25, -0.2) is 0 Å². The van der Waals surface area contributed by atoms with Crippen molar-refractivity contribution in [3.63, 3.8) is 0 Å². The summed E-state index contributed by atoms with van der Waals surface area (Å²) >= 11 is 0. The molecule has 0 saturated heterocycles. The number of amides is 1. The molecule has 3 N–H and O–H groups in total. The van der Waals surface area contributed by atoms with Crippen LogP contribution in [0.3, 0.4) is 0 Å². The van der Waals surface area contributed by atoms with E-state index in [1.54, 1.807) is 6.08 Å². The molecular weight excluding hydrogens is 735 g/mol. The quantitative estimate of drug-likeness (QED) is 0.0422. The Morgan fingerprint density at radius 2 is 0.733 bits per heavy atom. The summed E-state index contributed by atoms with van der Waals surface area (Å²) in [5.41, 5.74) is 0. The maximum atomic E-state index is 12.4. The number of aliphatic hydroxyl groups excluding tert-OH is 2. The molecule has 0 aromatic rings. The second-order valence-electron chi connectivity index (χ2n) is 17.9. The van der Waals surface area contributed by atoms with Crippen molar-refractivity contribution < 1.29 is 15.0 Å². The third-order valence-corrected chi connectivity index (χ3v) is 12.0. The van der Waals surface area contributed by atoms with Crippen LogP contribution in [0.25, 0.3) is 0 Å². The molecule has 0 radical (unpaired) electrons. The van der Waals surface area contributed by atoms with Gasteiger partial charge in [-0.15, -0.1) is 0 Å². The zero-order chi connectivity index (χ0) is 43.5. The zero-order valence-corrected chi connectivity index (χ0v) is 40.2. The molecule has 1 amide bonds. The van der Waals surface area contributed by atoms with Crippen molar-refractivity contribution in [2.75, 3.05) is 6.61 Å². The predicted molar refractivity (Wildman–Crippen MR) is 267 cm³/mol. The fourth-order valence-corrected chi connectivity index (χ4v) is 7.99. The summed E-state index contributed by atoms with van der Waals surface area (Å²) in [6.45, 7) is 4.21. The topological polar surface area (TPSA) is 69.6 Å². The van der Waals surface area contributed by atoms with Gasteiger partial charge in [0, 0.05) is 6.42 Å². The van der Waals surface area contributed by atoms with Gasteiger partial charge in [-0.3, -0.25) is 4.79 Å². The van der Waals surface area contributed by atoms with Gasteiger partial charge in [0.1, 0.15) is 0 Å². The highest BCUT2D eigenvalue weighted by Crippen LogP contribution is 2.17. The summed E-state index contributed by atoms with van der Waals surface area (Å²) in [7, 11) is 0. The van der Waals surface area contributed by atoms with Crippen LogP contribution in [-0.2, 0) is 4.79 Å². The van der Waals surface area contributed by atoms with Crippen molar-refractivity contribution >= 4 is 5.91 Å². The zero-order valence-electron chi connectivity index (χ0n) is 40.2. The summed E-state index contributed by atoms with van der Waals surface area (Å²) in [6, 6.07) is -0.630. The fraction of sp³-hybridized carbons (Fsp3) is 0.804. The molecule has 0 aromatic heterocycles. The van der Waals surface area contributed by atoms with E-state index in [4.69, 9.17) is 0 Å². The summed E-state index contributed by atoms with van der Waals surface area (Å²) in [4.78, 5) is 12.4. The van der Waals surface area contributed by atoms with Crippen LogP contribution < -0.4 is 5.32 Å². The number of carbonyl (C=O) groups excluding carboxylic acids is 1. The monoisotopic (exact) mass is 838 g/mol. The van der Waals surface area contributed by atoms with Crippen molar-refractivity contribution in [2.45, 2.75) is 283 Å². The number of aliphatic hydroxyl groups is 2. The lowest BCUT2D eigenvalue weighted by Crippen LogP contribution is -2.45. The van der Waals surface area contributed by atoms with Gasteiger partial charge in [0.25, 0.3) is 0 Å². The number of allylic oxidation sites excluding steroid dienone is 9. The number of nitrogens with one attached hydrogen (secondary N) is 1. The lowest BCUT2D eigenvalue weighted by Gasteiger charge is -2.20. The van der Waals surface area contributed by atoms with Gasteiger partial charge < -0.3 is 15.5 Å². The van der Waals surface area contributed by atoms with Gasteiger partial charge >= 0.3 is 0 Å². The maximum Gasteiger partial charge on any atom is 0.220 e. The van der Waals surface area contributed by atoms with E-state index in [9.17, 15) is 15.0 Å². The van der Waals surface area contributed by atoms with E-state index in [2.05, 4.69) is 67.8 Å². The number of unbranched alkanes of at least 4 members (excludes halogenated alkanes) is 33. The molecule has 0 aliphatic heterocycles. The van der Waals surface area contributed by atoms with E-state index in [-0.39, 0.29) is 12.5 Å². The molecule has 0 aliphatic rings. The average Bonchev–Trinajstić information content (AvgIpc) is 3.25. The highest BCUT2D eigenvalue weighted by Gasteiger charge is 2.18. The van der Waals surface area contributed by atoms with Gasteiger partial charge in [-0.2, -0.15) is 0 Å². The molecule has 60 heavy (non-hydrogen) atoms. The molecule has 0 aromatic carbocycles. The van der Waals surface area contributed by atoms with E-state index in [0.29, 0.717) is 6.42 Å². The van der Waals surface area contributed by atoms with Gasteiger partial charge in [-0.05, 0) is 57.8 Å². The standard InChI is InChI=1S/C56H103NO3/c1-3-5-7-9-11-13-15-17-19-21-23-25-26-27-28-29-30-32-33-35-37-39-41-43-45-47-49-51-55(59)54(53-58)57-56(60)52-50-48-46-44-42-40-38-36-34-31-24-22-20-18-16-14-12-10-8-6-4-2/h6,8,12,14,18,20,24,31,49,51,54-55,58-59H,3-5,7,9-11,13,15-17,19,21-23,25-30,32-48,50,52-53H2,1-2H3,(H,57,60)/b8-6-,14-12-,20-18-,31-24-,51-49+.